The maximum atomic E-state index is 13.9. The van der Waals surface area contributed by atoms with Gasteiger partial charge in [0.05, 0.1) is 5.69 Å². The third-order valence-corrected chi connectivity index (χ3v) is 8.81. The molecule has 2 fully saturated rings. The van der Waals surface area contributed by atoms with Crippen LogP contribution in [0.2, 0.25) is 0 Å². The van der Waals surface area contributed by atoms with Gasteiger partial charge < -0.3 is 31.3 Å². The highest BCUT2D eigenvalue weighted by Gasteiger charge is 2.59. The monoisotopic (exact) mass is 605 g/mol. The number of nitrogens with two attached hydrogens (primary N) is 1. The van der Waals surface area contributed by atoms with Crippen molar-refractivity contribution in [2.24, 2.45) is 34.8 Å². The molecule has 4 aliphatic rings. The Hall–Kier alpha value is -4.10. The summed E-state index contributed by atoms with van der Waals surface area (Å²) in [5.41, 5.74) is 4.93. The largest absolute Gasteiger partial charge is 0.478 e. The highest BCUT2D eigenvalue weighted by atomic mass is 19.4. The van der Waals surface area contributed by atoms with Crippen molar-refractivity contribution in [2.75, 3.05) is 11.9 Å². The first-order valence-electron chi connectivity index (χ1n) is 14.1. The first-order chi connectivity index (χ1) is 20.1. The van der Waals surface area contributed by atoms with Crippen molar-refractivity contribution >= 4 is 35.2 Å². The Bertz CT molecular complexity index is 1370. The molecule has 5 amide bonds. The zero-order valence-corrected chi connectivity index (χ0v) is 23.8. The Morgan fingerprint density at radius 2 is 1.77 bits per heavy atom. The normalized spacial score (nSPS) is 28.7. The van der Waals surface area contributed by atoms with Crippen LogP contribution in [-0.2, 0) is 24.0 Å². The number of primary amides is 1. The van der Waals surface area contributed by atoms with Crippen molar-refractivity contribution < 1.29 is 41.9 Å². The number of nitrogens with one attached hydrogen (secondary N) is 3. The number of hydrogen-bond acceptors (Lipinski definition) is 6. The lowest BCUT2D eigenvalue weighted by molar-refractivity contribution is -0.176. The van der Waals surface area contributed by atoms with Crippen molar-refractivity contribution in [3.05, 3.63) is 36.4 Å². The van der Waals surface area contributed by atoms with E-state index in [4.69, 9.17) is 10.5 Å². The fraction of sp³-hybridized carbons (Fsp3) is 0.552. The number of amides is 5. The molecule has 1 aromatic rings. The van der Waals surface area contributed by atoms with Crippen LogP contribution in [0.25, 0.3) is 0 Å². The van der Waals surface area contributed by atoms with Gasteiger partial charge in [-0.1, -0.05) is 45.1 Å². The van der Waals surface area contributed by atoms with Gasteiger partial charge in [-0.25, -0.2) is 0 Å². The SMILES string of the molecule is CC(C)(C)[C@H](NC(=O)C(F)(F)F)C(=O)N1C[C@H]2[C@@H]([C@H]1C(=O)N[C@@H](C[C@@H]1Oc3ccccc3NC1=O)C(N)=O)[C@H]1C=C[C@@H]2C1. The minimum Gasteiger partial charge on any atom is -0.478 e. The zero-order chi connectivity index (χ0) is 31.4. The predicted octanol–water partition coefficient (Wildman–Crippen LogP) is 1.49. The summed E-state index contributed by atoms with van der Waals surface area (Å²) < 4.78 is 45.3. The maximum Gasteiger partial charge on any atom is 0.471 e. The quantitative estimate of drug-likeness (QED) is 0.345. The van der Waals surface area contributed by atoms with Crippen LogP contribution in [0.4, 0.5) is 18.9 Å². The summed E-state index contributed by atoms with van der Waals surface area (Å²) in [6.07, 6.45) is -1.92. The van der Waals surface area contributed by atoms with Crippen molar-refractivity contribution in [1.29, 1.82) is 0 Å². The molecular formula is C29H34F3N5O6. The summed E-state index contributed by atoms with van der Waals surface area (Å²) in [5, 5.41) is 7.10. The molecule has 1 aromatic carbocycles. The number of ether oxygens (including phenoxy) is 1. The number of benzene rings is 1. The first kappa shape index (κ1) is 30.4. The molecule has 2 aliphatic heterocycles. The van der Waals surface area contributed by atoms with Gasteiger partial charge in [0.2, 0.25) is 17.7 Å². The van der Waals surface area contributed by atoms with E-state index in [-0.39, 0.29) is 36.6 Å². The number of alkyl halides is 3. The second-order valence-corrected chi connectivity index (χ2v) is 12.7. The molecule has 43 heavy (non-hydrogen) atoms. The molecular weight excluding hydrogens is 571 g/mol. The minimum atomic E-state index is -5.21. The number of halogens is 3. The number of carbonyl (C=O) groups excluding carboxylic acids is 5. The molecule has 2 aliphatic carbocycles. The van der Waals surface area contributed by atoms with Crippen molar-refractivity contribution in [3.8, 4) is 5.75 Å². The first-order valence-corrected chi connectivity index (χ1v) is 14.1. The number of allylic oxidation sites excluding steroid dienone is 2. The van der Waals surface area contributed by atoms with Crippen molar-refractivity contribution in [1.82, 2.24) is 15.5 Å². The molecule has 2 heterocycles. The molecule has 5 rings (SSSR count). The number of fused-ring (bicyclic) bond motifs is 6. The summed E-state index contributed by atoms with van der Waals surface area (Å²) in [6, 6.07) is 2.59. The third-order valence-electron chi connectivity index (χ3n) is 8.81. The number of para-hydroxylation sites is 2. The molecule has 232 valence electrons. The Labute approximate surface area is 245 Å². The van der Waals surface area contributed by atoms with Crippen LogP contribution in [0.3, 0.4) is 0 Å². The van der Waals surface area contributed by atoms with Crippen LogP contribution >= 0.6 is 0 Å². The Morgan fingerprint density at radius 1 is 1.09 bits per heavy atom. The summed E-state index contributed by atoms with van der Waals surface area (Å²) in [7, 11) is 0. The minimum absolute atomic E-state index is 0.0580. The summed E-state index contributed by atoms with van der Waals surface area (Å²) in [5.74, 6) is -5.39. The lowest BCUT2D eigenvalue weighted by Gasteiger charge is -2.37. The number of rotatable bonds is 7. The predicted molar refractivity (Wildman–Crippen MR) is 146 cm³/mol. The molecule has 1 saturated carbocycles. The fourth-order valence-electron chi connectivity index (χ4n) is 6.77. The zero-order valence-electron chi connectivity index (χ0n) is 23.8. The van der Waals surface area contributed by atoms with Crippen LogP contribution in [0.5, 0.6) is 5.75 Å². The standard InChI is InChI=1S/C29H34F3N5O6/c1-28(2,3)22(36-27(42)29(30,31)32)26(41)37-12-15-13-8-9-14(10-13)20(15)21(37)25(40)35-17(23(33)38)11-19-24(39)34-16-6-4-5-7-18(16)43-19/h4-9,13-15,17,19-22H,10-12H2,1-3H3,(H2,33,38)(H,34,39)(H,35,40)(H,36,42)/t13-,14+,15-,17+,19+,20+,21+,22-/m1/s1. The van der Waals surface area contributed by atoms with Gasteiger partial charge >= 0.3 is 12.1 Å². The molecule has 0 spiro atoms. The topological polar surface area (TPSA) is 160 Å². The lowest BCUT2D eigenvalue weighted by Crippen LogP contribution is -2.61. The van der Waals surface area contributed by atoms with E-state index in [0.29, 0.717) is 11.4 Å². The molecule has 14 heteroatoms. The Kier molecular flexibility index (Phi) is 7.68. The van der Waals surface area contributed by atoms with E-state index in [9.17, 15) is 37.1 Å². The van der Waals surface area contributed by atoms with E-state index < -0.39 is 65.4 Å². The van der Waals surface area contributed by atoms with Crippen LogP contribution in [-0.4, -0.2) is 71.4 Å². The van der Waals surface area contributed by atoms with Gasteiger partial charge in [-0.15, -0.1) is 0 Å². The highest BCUT2D eigenvalue weighted by Crippen LogP contribution is 2.54. The number of nitrogens with zero attached hydrogens (tertiary/aromatic N) is 1. The summed E-state index contributed by atoms with van der Waals surface area (Å²) in [6.45, 7) is 4.63. The summed E-state index contributed by atoms with van der Waals surface area (Å²) in [4.78, 5) is 66.1. The van der Waals surface area contributed by atoms with E-state index in [0.717, 1.165) is 6.42 Å². The maximum absolute atomic E-state index is 13.9. The second kappa shape index (κ2) is 10.9. The third kappa shape index (κ3) is 5.78. The average molecular weight is 606 g/mol. The number of likely N-dealkylation sites (tertiary alicyclic amines) is 1. The van der Waals surface area contributed by atoms with Gasteiger partial charge in [-0.05, 0) is 47.6 Å². The number of carbonyl (C=O) groups is 5. The molecule has 11 nitrogen and oxygen atoms in total. The van der Waals surface area contributed by atoms with Gasteiger partial charge in [0.1, 0.15) is 23.9 Å². The van der Waals surface area contributed by atoms with Crippen LogP contribution in [0.15, 0.2) is 36.4 Å². The highest BCUT2D eigenvalue weighted by molar-refractivity contribution is 5.99. The number of anilines is 1. The van der Waals surface area contributed by atoms with Crippen molar-refractivity contribution in [2.45, 2.75) is 64.0 Å². The van der Waals surface area contributed by atoms with Crippen LogP contribution in [0.1, 0.15) is 33.6 Å². The Balaban J connectivity index is 1.39. The summed E-state index contributed by atoms with van der Waals surface area (Å²) >= 11 is 0. The van der Waals surface area contributed by atoms with Gasteiger partial charge in [-0.2, -0.15) is 13.2 Å². The molecule has 2 bridgehead atoms. The molecule has 8 atom stereocenters. The van der Waals surface area contributed by atoms with E-state index in [1.165, 1.54) is 25.7 Å². The van der Waals surface area contributed by atoms with Gasteiger partial charge in [0, 0.05) is 13.0 Å². The van der Waals surface area contributed by atoms with Gasteiger partial charge in [0.25, 0.3) is 5.91 Å². The smallest absolute Gasteiger partial charge is 0.471 e. The van der Waals surface area contributed by atoms with Gasteiger partial charge in [-0.3, -0.25) is 24.0 Å². The lowest BCUT2D eigenvalue weighted by atomic mass is 9.81. The van der Waals surface area contributed by atoms with Gasteiger partial charge in [0.15, 0.2) is 6.10 Å². The molecule has 0 radical (unpaired) electrons. The molecule has 5 N–H and O–H groups in total. The number of hydrogen-bond donors (Lipinski definition) is 4. The average Bonchev–Trinajstić information content (AvgIpc) is 3.63. The van der Waals surface area contributed by atoms with E-state index in [1.54, 1.807) is 24.3 Å². The fourth-order valence-corrected chi connectivity index (χ4v) is 6.77. The van der Waals surface area contributed by atoms with E-state index >= 15 is 0 Å². The molecule has 0 unspecified atom stereocenters. The van der Waals surface area contributed by atoms with E-state index in [1.807, 2.05) is 17.5 Å². The second-order valence-electron chi connectivity index (χ2n) is 12.7. The van der Waals surface area contributed by atoms with Crippen molar-refractivity contribution in [3.63, 3.8) is 0 Å². The molecule has 0 aromatic heterocycles. The van der Waals surface area contributed by atoms with E-state index in [2.05, 4.69) is 10.6 Å². The Morgan fingerprint density at radius 3 is 2.42 bits per heavy atom. The van der Waals surface area contributed by atoms with Crippen LogP contribution < -0.4 is 26.4 Å². The molecule has 1 saturated heterocycles. The van der Waals surface area contributed by atoms with Crippen LogP contribution in [0, 0.1) is 29.1 Å².